The molecule has 1 saturated carbocycles. The average Bonchev–Trinajstić information content (AvgIpc) is 3.35. The van der Waals surface area contributed by atoms with Gasteiger partial charge in [0.1, 0.15) is 0 Å². The van der Waals surface area contributed by atoms with Crippen molar-refractivity contribution in [2.75, 3.05) is 0 Å². The van der Waals surface area contributed by atoms with E-state index in [-0.39, 0.29) is 11.4 Å². The molecule has 1 amide bonds. The van der Waals surface area contributed by atoms with E-state index in [4.69, 9.17) is 0 Å². The monoisotopic (exact) mass is 302 g/mol. The number of aryl methyl sites for hydroxylation is 1. The maximum Gasteiger partial charge on any atom is 0.253 e. The Hall–Kier alpha value is -2.68. The van der Waals surface area contributed by atoms with Crippen molar-refractivity contribution >= 4 is 16.7 Å². The number of rotatable bonds is 3. The van der Waals surface area contributed by atoms with Gasteiger partial charge in [0.25, 0.3) is 5.91 Å². The van der Waals surface area contributed by atoms with E-state index in [1.807, 2.05) is 19.1 Å². The zero-order valence-electron chi connectivity index (χ0n) is 13.0. The molecule has 0 aliphatic heterocycles. The molecule has 1 heterocycles. The molecule has 1 N–H and O–H groups in total. The fraction of sp³-hybridized carbons (Fsp3) is 0.200. The van der Waals surface area contributed by atoms with Crippen LogP contribution in [0.1, 0.15) is 34.5 Å². The molecule has 1 aromatic heterocycles. The van der Waals surface area contributed by atoms with Gasteiger partial charge in [-0.05, 0) is 48.2 Å². The summed E-state index contributed by atoms with van der Waals surface area (Å²) in [5.41, 5.74) is 2.39. The van der Waals surface area contributed by atoms with Gasteiger partial charge in [0.2, 0.25) is 0 Å². The van der Waals surface area contributed by atoms with Crippen LogP contribution in [0.25, 0.3) is 10.8 Å². The molecule has 114 valence electrons. The lowest BCUT2D eigenvalue weighted by molar-refractivity contribution is 0.0930. The van der Waals surface area contributed by atoms with Gasteiger partial charge in [-0.15, -0.1) is 0 Å². The summed E-state index contributed by atoms with van der Waals surface area (Å²) in [6.07, 6.45) is 3.67. The van der Waals surface area contributed by atoms with E-state index in [1.165, 1.54) is 16.3 Å². The van der Waals surface area contributed by atoms with Gasteiger partial charge >= 0.3 is 0 Å². The second-order valence-electron chi connectivity index (χ2n) is 6.20. The lowest BCUT2D eigenvalue weighted by Gasteiger charge is -2.20. The van der Waals surface area contributed by atoms with Crippen LogP contribution in [0.5, 0.6) is 0 Å². The second kappa shape index (κ2) is 5.20. The molecule has 1 fully saturated rings. The van der Waals surface area contributed by atoms with Crippen LogP contribution in [0.15, 0.2) is 60.8 Å². The minimum absolute atomic E-state index is 0.0407. The third kappa shape index (κ3) is 2.38. The van der Waals surface area contributed by atoms with Gasteiger partial charge in [0.05, 0.1) is 11.1 Å². The first-order chi connectivity index (χ1) is 11.2. The summed E-state index contributed by atoms with van der Waals surface area (Å²) in [6, 6.07) is 18.3. The van der Waals surface area contributed by atoms with Crippen LogP contribution in [-0.4, -0.2) is 10.9 Å². The van der Waals surface area contributed by atoms with Gasteiger partial charge in [-0.1, -0.05) is 42.5 Å². The zero-order chi connectivity index (χ0) is 15.9. The Balaban J connectivity index is 1.71. The van der Waals surface area contributed by atoms with Crippen LogP contribution in [0.3, 0.4) is 0 Å². The van der Waals surface area contributed by atoms with Gasteiger partial charge in [-0.3, -0.25) is 9.78 Å². The number of pyridine rings is 1. The van der Waals surface area contributed by atoms with Crippen molar-refractivity contribution in [2.45, 2.75) is 25.3 Å². The number of nitrogens with zero attached hydrogens (tertiary/aromatic N) is 1. The molecule has 3 heteroatoms. The summed E-state index contributed by atoms with van der Waals surface area (Å²) in [7, 11) is 0. The van der Waals surface area contributed by atoms with Crippen molar-refractivity contribution in [1.82, 2.24) is 10.3 Å². The van der Waals surface area contributed by atoms with E-state index in [0.717, 1.165) is 18.5 Å². The van der Waals surface area contributed by atoms with Gasteiger partial charge in [-0.2, -0.15) is 0 Å². The van der Waals surface area contributed by atoms with Crippen molar-refractivity contribution in [3.05, 3.63) is 77.6 Å². The number of hydrogen-bond donors (Lipinski definition) is 1. The van der Waals surface area contributed by atoms with Crippen LogP contribution in [0.4, 0.5) is 0 Å². The minimum atomic E-state index is -0.236. The summed E-state index contributed by atoms with van der Waals surface area (Å²) >= 11 is 0. The fourth-order valence-electron chi connectivity index (χ4n) is 3.24. The van der Waals surface area contributed by atoms with Gasteiger partial charge in [-0.25, -0.2) is 0 Å². The molecule has 23 heavy (non-hydrogen) atoms. The minimum Gasteiger partial charge on any atom is -0.342 e. The lowest BCUT2D eigenvalue weighted by Crippen LogP contribution is -2.35. The Labute approximate surface area is 135 Å². The Kier molecular flexibility index (Phi) is 3.15. The quantitative estimate of drug-likeness (QED) is 0.795. The molecule has 3 nitrogen and oxygen atoms in total. The number of carbonyl (C=O) groups is 1. The molecule has 4 rings (SSSR count). The van der Waals surface area contributed by atoms with Crippen molar-refractivity contribution in [2.24, 2.45) is 0 Å². The predicted octanol–water partition coefficient (Wildman–Crippen LogP) is 3.96. The summed E-state index contributed by atoms with van der Waals surface area (Å²) in [5.74, 6) is -0.0407. The third-order valence-electron chi connectivity index (χ3n) is 4.66. The maximum atomic E-state index is 12.7. The highest BCUT2D eigenvalue weighted by molar-refractivity contribution is 5.97. The third-order valence-corrected chi connectivity index (χ3v) is 4.66. The molecule has 0 bridgehead atoms. The van der Waals surface area contributed by atoms with Crippen molar-refractivity contribution in [3.63, 3.8) is 0 Å². The molecule has 2 aromatic carbocycles. The molecule has 3 aromatic rings. The number of nitrogens with one attached hydrogen (secondary N) is 1. The molecule has 1 aliphatic carbocycles. The van der Waals surface area contributed by atoms with E-state index < -0.39 is 0 Å². The van der Waals surface area contributed by atoms with Gasteiger partial charge in [0, 0.05) is 11.9 Å². The van der Waals surface area contributed by atoms with Gasteiger partial charge in [0.15, 0.2) is 0 Å². The highest BCUT2D eigenvalue weighted by Crippen LogP contribution is 2.48. The van der Waals surface area contributed by atoms with E-state index in [1.54, 1.807) is 12.3 Å². The summed E-state index contributed by atoms with van der Waals surface area (Å²) in [5, 5.41) is 5.68. The molecular weight excluding hydrogens is 284 g/mol. The van der Waals surface area contributed by atoms with E-state index in [9.17, 15) is 4.79 Å². The van der Waals surface area contributed by atoms with Crippen LogP contribution in [0.2, 0.25) is 0 Å². The standard InChI is InChI=1S/C20H18N2O/c1-14-16(9-5-13-21-14)19(23)22-20(11-12-20)18-10-4-7-15-6-2-3-8-17(15)18/h2-10,13H,11-12H2,1H3,(H,22,23). The van der Waals surface area contributed by atoms with Crippen molar-refractivity contribution < 1.29 is 4.79 Å². The van der Waals surface area contributed by atoms with E-state index in [0.29, 0.717) is 5.56 Å². The molecule has 0 unspecified atom stereocenters. The first-order valence-electron chi connectivity index (χ1n) is 7.92. The SMILES string of the molecule is Cc1ncccc1C(=O)NC1(c2cccc3ccccc23)CC1. The number of benzene rings is 2. The number of hydrogen-bond acceptors (Lipinski definition) is 2. The smallest absolute Gasteiger partial charge is 0.253 e. The fourth-order valence-corrected chi connectivity index (χ4v) is 3.24. The summed E-state index contributed by atoms with van der Waals surface area (Å²) in [4.78, 5) is 16.9. The molecule has 0 spiro atoms. The van der Waals surface area contributed by atoms with Gasteiger partial charge < -0.3 is 5.32 Å². The Morgan fingerprint density at radius 1 is 1.04 bits per heavy atom. The van der Waals surface area contributed by atoms with Crippen molar-refractivity contribution in [3.8, 4) is 0 Å². The second-order valence-corrected chi connectivity index (χ2v) is 6.20. The Morgan fingerprint density at radius 3 is 2.61 bits per heavy atom. The lowest BCUT2D eigenvalue weighted by atomic mass is 9.96. The van der Waals surface area contributed by atoms with Crippen LogP contribution < -0.4 is 5.32 Å². The zero-order valence-corrected chi connectivity index (χ0v) is 13.0. The Morgan fingerprint density at radius 2 is 1.83 bits per heavy atom. The highest BCUT2D eigenvalue weighted by atomic mass is 16.1. The number of amides is 1. The normalized spacial score (nSPS) is 15.3. The molecule has 0 saturated heterocycles. The summed E-state index contributed by atoms with van der Waals surface area (Å²) < 4.78 is 0. The van der Waals surface area contributed by atoms with E-state index >= 15 is 0 Å². The van der Waals surface area contributed by atoms with Crippen LogP contribution >= 0.6 is 0 Å². The average molecular weight is 302 g/mol. The first kappa shape index (κ1) is 13.9. The largest absolute Gasteiger partial charge is 0.342 e. The summed E-state index contributed by atoms with van der Waals surface area (Å²) in [6.45, 7) is 1.87. The maximum absolute atomic E-state index is 12.7. The molecular formula is C20H18N2O. The predicted molar refractivity (Wildman–Crippen MR) is 91.3 cm³/mol. The van der Waals surface area contributed by atoms with Crippen molar-refractivity contribution in [1.29, 1.82) is 0 Å². The molecule has 1 aliphatic rings. The Bertz CT molecular complexity index is 892. The number of carbonyl (C=O) groups excluding carboxylic acids is 1. The topological polar surface area (TPSA) is 42.0 Å². The van der Waals surface area contributed by atoms with Crippen LogP contribution in [-0.2, 0) is 5.54 Å². The first-order valence-corrected chi connectivity index (χ1v) is 7.92. The van der Waals surface area contributed by atoms with Crippen LogP contribution in [0, 0.1) is 6.92 Å². The molecule has 0 atom stereocenters. The van der Waals surface area contributed by atoms with E-state index in [2.05, 4.69) is 46.7 Å². The highest BCUT2D eigenvalue weighted by Gasteiger charge is 2.46. The number of aromatic nitrogens is 1. The number of fused-ring (bicyclic) bond motifs is 1. The molecule has 0 radical (unpaired) electrons.